The molecule has 0 aliphatic carbocycles. The molecule has 2 rings (SSSR count). The maximum atomic E-state index is 13.6. The molecule has 2 N–H and O–H groups in total. The molecule has 19 heavy (non-hydrogen) atoms. The van der Waals surface area contributed by atoms with Crippen molar-refractivity contribution in [3.63, 3.8) is 0 Å². The average Bonchev–Trinajstić information content (AvgIpc) is 2.35. The van der Waals surface area contributed by atoms with Crippen LogP contribution in [0.25, 0.3) is 0 Å². The lowest BCUT2D eigenvalue weighted by molar-refractivity contribution is 0.550. The number of hydrogen-bond donors (Lipinski definition) is 1. The minimum Gasteiger partial charge on any atom is -0.324 e. The van der Waals surface area contributed by atoms with Crippen molar-refractivity contribution in [2.24, 2.45) is 5.73 Å². The van der Waals surface area contributed by atoms with Crippen LogP contribution in [0.15, 0.2) is 40.9 Å². The number of benzene rings is 2. The zero-order chi connectivity index (χ0) is 14.0. The van der Waals surface area contributed by atoms with E-state index in [0.29, 0.717) is 4.47 Å². The summed E-state index contributed by atoms with van der Waals surface area (Å²) in [5, 5.41) is 0. The molecule has 2 aromatic rings. The van der Waals surface area contributed by atoms with Gasteiger partial charge in [-0.1, -0.05) is 22.0 Å². The van der Waals surface area contributed by atoms with Gasteiger partial charge in [0.1, 0.15) is 17.5 Å². The van der Waals surface area contributed by atoms with E-state index >= 15 is 0 Å². The average molecular weight is 330 g/mol. The van der Waals surface area contributed by atoms with Crippen LogP contribution < -0.4 is 5.73 Å². The number of rotatable bonds is 3. The Labute approximate surface area is 117 Å². The molecule has 2 aromatic carbocycles. The molecule has 1 unspecified atom stereocenters. The van der Waals surface area contributed by atoms with Crippen LogP contribution in [0.3, 0.4) is 0 Å². The first-order valence-electron chi connectivity index (χ1n) is 5.62. The van der Waals surface area contributed by atoms with Gasteiger partial charge >= 0.3 is 0 Å². The van der Waals surface area contributed by atoms with Gasteiger partial charge in [-0.05, 0) is 36.2 Å². The summed E-state index contributed by atoms with van der Waals surface area (Å²) in [6.07, 6.45) is 0.0967. The molecule has 0 saturated heterocycles. The molecule has 0 amide bonds. The monoisotopic (exact) mass is 329 g/mol. The zero-order valence-electron chi connectivity index (χ0n) is 9.84. The zero-order valence-corrected chi connectivity index (χ0v) is 11.4. The molecule has 0 saturated carbocycles. The minimum atomic E-state index is -0.697. The fraction of sp³-hybridized carbons (Fsp3) is 0.143. The maximum Gasteiger partial charge on any atom is 0.129 e. The van der Waals surface area contributed by atoms with Crippen LogP contribution in [0.2, 0.25) is 0 Å². The third-order valence-corrected chi connectivity index (χ3v) is 3.31. The summed E-state index contributed by atoms with van der Waals surface area (Å²) in [6.45, 7) is 0. The van der Waals surface area contributed by atoms with Gasteiger partial charge in [0.25, 0.3) is 0 Å². The highest BCUT2D eigenvalue weighted by Crippen LogP contribution is 2.24. The fourth-order valence-corrected chi connectivity index (χ4v) is 2.21. The Hall–Kier alpha value is -1.33. The summed E-state index contributed by atoms with van der Waals surface area (Å²) in [7, 11) is 0. The van der Waals surface area contributed by atoms with Gasteiger partial charge in [-0.3, -0.25) is 0 Å². The highest BCUT2D eigenvalue weighted by Gasteiger charge is 2.15. The van der Waals surface area contributed by atoms with Crippen molar-refractivity contribution in [3.05, 3.63) is 69.4 Å². The predicted molar refractivity (Wildman–Crippen MR) is 71.1 cm³/mol. The van der Waals surface area contributed by atoms with E-state index in [4.69, 9.17) is 5.73 Å². The Morgan fingerprint density at radius 3 is 2.42 bits per heavy atom. The molecule has 5 heteroatoms. The molecule has 0 spiro atoms. The summed E-state index contributed by atoms with van der Waals surface area (Å²) in [4.78, 5) is 0. The lowest BCUT2D eigenvalue weighted by atomic mass is 9.99. The van der Waals surface area contributed by atoms with Crippen molar-refractivity contribution in [1.29, 1.82) is 0 Å². The van der Waals surface area contributed by atoms with Crippen molar-refractivity contribution in [1.82, 2.24) is 0 Å². The van der Waals surface area contributed by atoms with Crippen LogP contribution in [0.4, 0.5) is 13.2 Å². The molecule has 0 heterocycles. The first kappa shape index (κ1) is 14.1. The second-order valence-electron chi connectivity index (χ2n) is 4.21. The molecule has 1 atom stereocenters. The van der Waals surface area contributed by atoms with E-state index in [9.17, 15) is 13.2 Å². The molecule has 0 fully saturated rings. The number of nitrogens with two attached hydrogens (primary N) is 1. The van der Waals surface area contributed by atoms with Gasteiger partial charge in [0.05, 0.1) is 0 Å². The second-order valence-corrected chi connectivity index (χ2v) is 5.13. The summed E-state index contributed by atoms with van der Waals surface area (Å²) >= 11 is 3.23. The van der Waals surface area contributed by atoms with E-state index in [2.05, 4.69) is 15.9 Å². The van der Waals surface area contributed by atoms with Crippen molar-refractivity contribution in [2.45, 2.75) is 12.5 Å². The smallest absolute Gasteiger partial charge is 0.129 e. The van der Waals surface area contributed by atoms with Gasteiger partial charge in [-0.2, -0.15) is 0 Å². The quantitative estimate of drug-likeness (QED) is 0.901. The van der Waals surface area contributed by atoms with Crippen molar-refractivity contribution < 1.29 is 13.2 Å². The van der Waals surface area contributed by atoms with E-state index in [0.717, 1.165) is 12.1 Å². The van der Waals surface area contributed by atoms with E-state index < -0.39 is 23.5 Å². The highest BCUT2D eigenvalue weighted by molar-refractivity contribution is 9.10. The standard InChI is InChI=1S/C14H11BrF3N/c15-9-2-4-12(17)11(6-9)14(19)5-8-1-3-10(16)7-13(8)18/h1-4,6-7,14H,5,19H2. The van der Waals surface area contributed by atoms with Crippen molar-refractivity contribution >= 4 is 15.9 Å². The minimum absolute atomic E-state index is 0.0967. The Balaban J connectivity index is 2.25. The van der Waals surface area contributed by atoms with Gasteiger partial charge in [0.2, 0.25) is 0 Å². The van der Waals surface area contributed by atoms with E-state index in [-0.39, 0.29) is 17.5 Å². The van der Waals surface area contributed by atoms with Crippen LogP contribution in [0.1, 0.15) is 17.2 Å². The third kappa shape index (κ3) is 3.36. The Morgan fingerprint density at radius 2 is 1.74 bits per heavy atom. The molecule has 0 radical (unpaired) electrons. The molecule has 100 valence electrons. The molecule has 0 bridgehead atoms. The Morgan fingerprint density at radius 1 is 1.00 bits per heavy atom. The molecular weight excluding hydrogens is 319 g/mol. The van der Waals surface area contributed by atoms with Crippen LogP contribution in [-0.4, -0.2) is 0 Å². The lowest BCUT2D eigenvalue weighted by Gasteiger charge is -2.14. The first-order chi connectivity index (χ1) is 8.97. The summed E-state index contributed by atoms with van der Waals surface area (Å²) in [5.41, 5.74) is 6.43. The Kier molecular flexibility index (Phi) is 4.27. The summed E-state index contributed by atoms with van der Waals surface area (Å²) in [6, 6.07) is 6.98. The number of halogens is 4. The van der Waals surface area contributed by atoms with Crippen molar-refractivity contribution in [2.75, 3.05) is 0 Å². The topological polar surface area (TPSA) is 26.0 Å². The summed E-state index contributed by atoms with van der Waals surface area (Å²) < 4.78 is 40.6. The van der Waals surface area contributed by atoms with Gasteiger partial charge in [0, 0.05) is 22.1 Å². The van der Waals surface area contributed by atoms with Crippen LogP contribution in [0, 0.1) is 17.5 Å². The molecular formula is C14H11BrF3N. The normalized spacial score (nSPS) is 12.5. The molecule has 1 nitrogen and oxygen atoms in total. The second kappa shape index (κ2) is 5.75. The van der Waals surface area contributed by atoms with Crippen LogP contribution >= 0.6 is 15.9 Å². The fourth-order valence-electron chi connectivity index (χ4n) is 1.83. The first-order valence-corrected chi connectivity index (χ1v) is 6.41. The van der Waals surface area contributed by atoms with E-state index in [1.54, 1.807) is 12.1 Å². The molecule has 0 aromatic heterocycles. The summed E-state index contributed by atoms with van der Waals surface area (Å²) in [5.74, 6) is -1.77. The van der Waals surface area contributed by atoms with E-state index in [1.165, 1.54) is 12.1 Å². The van der Waals surface area contributed by atoms with Gasteiger partial charge in [0.15, 0.2) is 0 Å². The van der Waals surface area contributed by atoms with Crippen molar-refractivity contribution in [3.8, 4) is 0 Å². The lowest BCUT2D eigenvalue weighted by Crippen LogP contribution is -2.16. The SMILES string of the molecule is NC(Cc1ccc(F)cc1F)c1cc(Br)ccc1F. The van der Waals surface area contributed by atoms with E-state index in [1.807, 2.05) is 0 Å². The van der Waals surface area contributed by atoms with Gasteiger partial charge in [-0.25, -0.2) is 13.2 Å². The molecule has 0 aliphatic rings. The largest absolute Gasteiger partial charge is 0.324 e. The van der Waals surface area contributed by atoms with Crippen LogP contribution in [-0.2, 0) is 6.42 Å². The van der Waals surface area contributed by atoms with Gasteiger partial charge < -0.3 is 5.73 Å². The molecule has 0 aliphatic heterocycles. The number of hydrogen-bond acceptors (Lipinski definition) is 1. The Bertz CT molecular complexity index is 601. The highest BCUT2D eigenvalue weighted by atomic mass is 79.9. The van der Waals surface area contributed by atoms with Crippen LogP contribution in [0.5, 0.6) is 0 Å². The predicted octanol–water partition coefficient (Wildman–Crippen LogP) is 4.11. The maximum absolute atomic E-state index is 13.6. The third-order valence-electron chi connectivity index (χ3n) is 2.81. The van der Waals surface area contributed by atoms with Gasteiger partial charge in [-0.15, -0.1) is 0 Å².